The Hall–Kier alpha value is -2.77. The second kappa shape index (κ2) is 8.95. The Morgan fingerprint density at radius 1 is 1.14 bits per heavy atom. The first kappa shape index (κ1) is 21.5. The molecule has 0 aliphatic heterocycles. The highest BCUT2D eigenvalue weighted by atomic mass is 32.2. The molecule has 1 N–H and O–H groups in total. The van der Waals surface area contributed by atoms with Gasteiger partial charge >= 0.3 is 6.36 Å². The fourth-order valence-corrected chi connectivity index (χ4v) is 3.19. The zero-order valence-electron chi connectivity index (χ0n) is 14.7. The number of nitrogens with one attached hydrogen (secondary N) is 1. The smallest absolute Gasteiger partial charge is 0.476 e. The van der Waals surface area contributed by atoms with E-state index in [1.165, 1.54) is 0 Å². The molecule has 0 fully saturated rings. The van der Waals surface area contributed by atoms with Crippen molar-refractivity contribution in [3.8, 4) is 17.6 Å². The third-order valence-electron chi connectivity index (χ3n) is 3.53. The Balaban J connectivity index is 2.04. The number of halogens is 3. The van der Waals surface area contributed by atoms with Crippen molar-refractivity contribution in [3.63, 3.8) is 0 Å². The van der Waals surface area contributed by atoms with Crippen LogP contribution in [0.2, 0.25) is 0 Å². The Morgan fingerprint density at radius 2 is 1.82 bits per heavy atom. The molecule has 0 amide bonds. The first-order chi connectivity index (χ1) is 13.1. The van der Waals surface area contributed by atoms with E-state index in [1.807, 2.05) is 6.07 Å². The van der Waals surface area contributed by atoms with E-state index in [2.05, 4.69) is 9.46 Å². The largest absolute Gasteiger partial charge is 0.573 e. The van der Waals surface area contributed by atoms with Crippen molar-refractivity contribution in [1.82, 2.24) is 4.72 Å². The van der Waals surface area contributed by atoms with Gasteiger partial charge in [0.2, 0.25) is 10.0 Å². The van der Waals surface area contributed by atoms with E-state index in [9.17, 15) is 21.6 Å². The molecule has 0 spiro atoms. The maximum absolute atomic E-state index is 12.3. The normalized spacial score (nSPS) is 12.8. The van der Waals surface area contributed by atoms with Crippen LogP contribution in [0.1, 0.15) is 18.9 Å². The molecular formula is C18H17F3N2O4S. The van der Waals surface area contributed by atoms with Crippen molar-refractivity contribution in [2.24, 2.45) is 0 Å². The summed E-state index contributed by atoms with van der Waals surface area (Å²) in [5.41, 5.74) is 0.589. The third kappa shape index (κ3) is 6.44. The summed E-state index contributed by atoms with van der Waals surface area (Å²) < 4.78 is 72.6. The van der Waals surface area contributed by atoms with Gasteiger partial charge in [0, 0.05) is 6.54 Å². The summed E-state index contributed by atoms with van der Waals surface area (Å²) in [6, 6.07) is 12.5. The Labute approximate surface area is 160 Å². The molecule has 1 atom stereocenters. The first-order valence-corrected chi connectivity index (χ1v) is 9.62. The number of nitriles is 1. The fraction of sp³-hybridized carbons (Fsp3) is 0.278. The van der Waals surface area contributed by atoms with Gasteiger partial charge in [-0.1, -0.05) is 19.1 Å². The van der Waals surface area contributed by atoms with Gasteiger partial charge in [-0.3, -0.25) is 0 Å². The summed E-state index contributed by atoms with van der Waals surface area (Å²) in [6.07, 6.45) is -4.96. The molecule has 0 unspecified atom stereocenters. The molecule has 0 radical (unpaired) electrons. The molecule has 6 nitrogen and oxygen atoms in total. The zero-order valence-corrected chi connectivity index (χ0v) is 15.5. The van der Waals surface area contributed by atoms with Crippen molar-refractivity contribution < 1.29 is 31.1 Å². The molecular weight excluding hydrogens is 397 g/mol. The van der Waals surface area contributed by atoms with Crippen molar-refractivity contribution in [1.29, 1.82) is 5.26 Å². The summed E-state index contributed by atoms with van der Waals surface area (Å²) in [7, 11) is -3.94. The number of ether oxygens (including phenoxy) is 2. The van der Waals surface area contributed by atoms with Crippen LogP contribution in [0.4, 0.5) is 13.2 Å². The molecule has 2 aromatic carbocycles. The third-order valence-corrected chi connectivity index (χ3v) is 4.94. The van der Waals surface area contributed by atoms with Gasteiger partial charge in [-0.05, 0) is 48.4 Å². The second-order valence-corrected chi connectivity index (χ2v) is 7.40. The maximum atomic E-state index is 12.3. The van der Waals surface area contributed by atoms with Crippen LogP contribution in [-0.2, 0) is 16.6 Å². The zero-order chi connectivity index (χ0) is 20.8. The monoisotopic (exact) mass is 414 g/mol. The van der Waals surface area contributed by atoms with Gasteiger partial charge in [-0.2, -0.15) is 5.26 Å². The Morgan fingerprint density at radius 3 is 2.39 bits per heavy atom. The molecule has 28 heavy (non-hydrogen) atoms. The predicted octanol–water partition coefficient (Wildman–Crippen LogP) is 3.74. The van der Waals surface area contributed by atoms with Crippen LogP contribution in [0.15, 0.2) is 53.4 Å². The molecule has 0 bridgehead atoms. The molecule has 150 valence electrons. The van der Waals surface area contributed by atoms with Crippen LogP contribution < -0.4 is 14.2 Å². The molecule has 0 saturated heterocycles. The number of nitrogens with zero attached hydrogens (tertiary/aromatic N) is 1. The lowest BCUT2D eigenvalue weighted by atomic mass is 10.2. The highest BCUT2D eigenvalue weighted by Crippen LogP contribution is 2.24. The fourth-order valence-electron chi connectivity index (χ4n) is 2.18. The van der Waals surface area contributed by atoms with E-state index in [4.69, 9.17) is 10.00 Å². The lowest BCUT2D eigenvalue weighted by Gasteiger charge is -2.12. The number of hydrogen-bond acceptors (Lipinski definition) is 5. The number of benzene rings is 2. The Bertz CT molecular complexity index is 939. The first-order valence-electron chi connectivity index (χ1n) is 8.13. The van der Waals surface area contributed by atoms with Gasteiger partial charge in [0.05, 0.1) is 4.90 Å². The molecule has 10 heteroatoms. The average Bonchev–Trinajstić information content (AvgIpc) is 2.64. The highest BCUT2D eigenvalue weighted by molar-refractivity contribution is 7.89. The van der Waals surface area contributed by atoms with Crippen molar-refractivity contribution in [2.45, 2.75) is 37.3 Å². The Kier molecular flexibility index (Phi) is 6.88. The SMILES string of the molecule is CC[C@H](C#N)Oc1cccc(CNS(=O)(=O)c2ccc(OC(F)(F)F)cc2)c1. The summed E-state index contributed by atoms with van der Waals surface area (Å²) in [5.74, 6) is -0.0852. The number of alkyl halides is 3. The van der Waals surface area contributed by atoms with Gasteiger partial charge in [0.15, 0.2) is 6.10 Å². The number of rotatable bonds is 8. The van der Waals surface area contributed by atoms with E-state index in [0.717, 1.165) is 24.3 Å². The number of sulfonamides is 1. The van der Waals surface area contributed by atoms with Crippen LogP contribution in [0.3, 0.4) is 0 Å². The van der Waals surface area contributed by atoms with E-state index < -0.39 is 28.2 Å². The van der Waals surface area contributed by atoms with E-state index >= 15 is 0 Å². The molecule has 0 aromatic heterocycles. The van der Waals surface area contributed by atoms with Gasteiger partial charge in [0.25, 0.3) is 0 Å². The molecule has 0 aliphatic carbocycles. The quantitative estimate of drug-likeness (QED) is 0.711. The number of hydrogen-bond donors (Lipinski definition) is 1. The topological polar surface area (TPSA) is 88.4 Å². The summed E-state index contributed by atoms with van der Waals surface area (Å²) in [5, 5.41) is 8.94. The van der Waals surface area contributed by atoms with Crippen LogP contribution in [0.5, 0.6) is 11.5 Å². The standard InChI is InChI=1S/C18H17F3N2O4S/c1-2-14(11-22)26-16-5-3-4-13(10-16)12-23-28(24,25)17-8-6-15(7-9-17)27-18(19,20)21/h3-10,14,23H,2,12H2,1H3/t14-/m1/s1. The molecule has 2 rings (SSSR count). The van der Waals surface area contributed by atoms with Crippen molar-refractivity contribution >= 4 is 10.0 Å². The van der Waals surface area contributed by atoms with Gasteiger partial charge in [-0.15, -0.1) is 13.2 Å². The minimum atomic E-state index is -4.85. The van der Waals surface area contributed by atoms with Crippen LogP contribution >= 0.6 is 0 Å². The minimum Gasteiger partial charge on any atom is -0.476 e. The molecule has 2 aromatic rings. The van der Waals surface area contributed by atoms with Crippen molar-refractivity contribution in [3.05, 3.63) is 54.1 Å². The summed E-state index contributed by atoms with van der Waals surface area (Å²) in [6.45, 7) is 1.74. The van der Waals surface area contributed by atoms with Crippen molar-refractivity contribution in [2.75, 3.05) is 0 Å². The van der Waals surface area contributed by atoms with E-state index in [-0.39, 0.29) is 11.4 Å². The van der Waals surface area contributed by atoms with Crippen LogP contribution in [-0.4, -0.2) is 20.9 Å². The predicted molar refractivity (Wildman–Crippen MR) is 93.9 cm³/mol. The lowest BCUT2D eigenvalue weighted by Crippen LogP contribution is -2.23. The minimum absolute atomic E-state index is 0.0658. The van der Waals surface area contributed by atoms with E-state index in [1.54, 1.807) is 31.2 Å². The average molecular weight is 414 g/mol. The molecule has 0 heterocycles. The van der Waals surface area contributed by atoms with Gasteiger partial charge < -0.3 is 9.47 Å². The highest BCUT2D eigenvalue weighted by Gasteiger charge is 2.31. The molecule has 0 aliphatic rings. The van der Waals surface area contributed by atoms with Gasteiger partial charge in [0.1, 0.15) is 17.6 Å². The van der Waals surface area contributed by atoms with Crippen LogP contribution in [0.25, 0.3) is 0 Å². The van der Waals surface area contributed by atoms with Crippen LogP contribution in [0, 0.1) is 11.3 Å². The molecule has 0 saturated carbocycles. The summed E-state index contributed by atoms with van der Waals surface area (Å²) >= 11 is 0. The lowest BCUT2D eigenvalue weighted by molar-refractivity contribution is -0.274. The maximum Gasteiger partial charge on any atom is 0.573 e. The second-order valence-electron chi connectivity index (χ2n) is 5.64. The van der Waals surface area contributed by atoms with E-state index in [0.29, 0.717) is 17.7 Å². The summed E-state index contributed by atoms with van der Waals surface area (Å²) in [4.78, 5) is -0.204. The van der Waals surface area contributed by atoms with Gasteiger partial charge in [-0.25, -0.2) is 13.1 Å².